The first kappa shape index (κ1) is 13.2. The van der Waals surface area contributed by atoms with E-state index in [1.807, 2.05) is 12.1 Å². The van der Waals surface area contributed by atoms with Crippen molar-refractivity contribution in [2.45, 2.75) is 26.4 Å². The second-order valence-electron chi connectivity index (χ2n) is 4.74. The zero-order chi connectivity index (χ0) is 13.0. The van der Waals surface area contributed by atoms with Crippen LogP contribution in [0.2, 0.25) is 0 Å². The van der Waals surface area contributed by atoms with Crippen LogP contribution in [0.4, 0.5) is 4.39 Å². The average Bonchev–Trinajstić information content (AvgIpc) is 2.85. The Morgan fingerprint density at radius 1 is 1.17 bits per heavy atom. The Morgan fingerprint density at radius 2 is 1.89 bits per heavy atom. The molecule has 0 aliphatic carbocycles. The summed E-state index contributed by atoms with van der Waals surface area (Å²) in [7, 11) is 0. The third-order valence-corrected chi connectivity index (χ3v) is 3.91. The fourth-order valence-electron chi connectivity index (χ4n) is 1.96. The SMILES string of the molecule is CC(C)C(NCc1ccc(F)cc1)c1cccs1. The monoisotopic (exact) mass is 263 g/mol. The first-order chi connectivity index (χ1) is 8.66. The van der Waals surface area contributed by atoms with Crippen LogP contribution in [0.15, 0.2) is 41.8 Å². The Morgan fingerprint density at radius 3 is 2.44 bits per heavy atom. The summed E-state index contributed by atoms with van der Waals surface area (Å²) in [6, 6.07) is 11.3. The van der Waals surface area contributed by atoms with E-state index in [2.05, 4.69) is 36.7 Å². The molecule has 18 heavy (non-hydrogen) atoms. The van der Waals surface area contributed by atoms with E-state index in [9.17, 15) is 4.39 Å². The molecule has 1 unspecified atom stereocenters. The fraction of sp³-hybridized carbons (Fsp3) is 0.333. The van der Waals surface area contributed by atoms with Gasteiger partial charge in [0.05, 0.1) is 0 Å². The van der Waals surface area contributed by atoms with Gasteiger partial charge in [-0.1, -0.05) is 32.0 Å². The van der Waals surface area contributed by atoms with E-state index in [0.717, 1.165) is 12.1 Å². The number of hydrogen-bond donors (Lipinski definition) is 1. The van der Waals surface area contributed by atoms with E-state index in [1.165, 1.54) is 17.0 Å². The standard InChI is InChI=1S/C15H18FNS/c1-11(2)15(14-4-3-9-18-14)17-10-12-5-7-13(16)8-6-12/h3-9,11,15,17H,10H2,1-2H3. The second kappa shape index (κ2) is 6.12. The molecule has 1 aromatic heterocycles. The molecular formula is C15H18FNS. The van der Waals surface area contributed by atoms with E-state index < -0.39 is 0 Å². The number of halogens is 1. The molecule has 1 N–H and O–H groups in total. The van der Waals surface area contributed by atoms with E-state index in [-0.39, 0.29) is 5.82 Å². The summed E-state index contributed by atoms with van der Waals surface area (Å²) in [5.41, 5.74) is 1.11. The summed E-state index contributed by atoms with van der Waals surface area (Å²) < 4.78 is 12.8. The van der Waals surface area contributed by atoms with Crippen molar-refractivity contribution in [3.63, 3.8) is 0 Å². The molecule has 2 rings (SSSR count). The molecule has 0 aliphatic heterocycles. The minimum Gasteiger partial charge on any atom is -0.305 e. The molecule has 96 valence electrons. The van der Waals surface area contributed by atoms with Crippen LogP contribution in [0.1, 0.15) is 30.3 Å². The van der Waals surface area contributed by atoms with Gasteiger partial charge in [0.15, 0.2) is 0 Å². The summed E-state index contributed by atoms with van der Waals surface area (Å²) >= 11 is 1.77. The maximum absolute atomic E-state index is 12.8. The molecule has 1 atom stereocenters. The summed E-state index contributed by atoms with van der Waals surface area (Å²) in [6.07, 6.45) is 0. The third kappa shape index (κ3) is 3.40. The number of benzene rings is 1. The largest absolute Gasteiger partial charge is 0.305 e. The lowest BCUT2D eigenvalue weighted by Crippen LogP contribution is -2.24. The smallest absolute Gasteiger partial charge is 0.123 e. The van der Waals surface area contributed by atoms with Gasteiger partial charge in [-0.15, -0.1) is 11.3 Å². The molecule has 3 heteroatoms. The highest BCUT2D eigenvalue weighted by molar-refractivity contribution is 7.10. The molecule has 1 nitrogen and oxygen atoms in total. The molecule has 2 aromatic rings. The van der Waals surface area contributed by atoms with E-state index in [4.69, 9.17) is 0 Å². The van der Waals surface area contributed by atoms with Crippen LogP contribution in [0, 0.1) is 11.7 Å². The summed E-state index contributed by atoms with van der Waals surface area (Å²) in [4.78, 5) is 1.35. The number of thiophene rings is 1. The van der Waals surface area contributed by atoms with Gasteiger partial charge in [0.1, 0.15) is 5.82 Å². The van der Waals surface area contributed by atoms with Crippen LogP contribution >= 0.6 is 11.3 Å². The minimum absolute atomic E-state index is 0.183. The van der Waals surface area contributed by atoms with Crippen LogP contribution in [0.5, 0.6) is 0 Å². The average molecular weight is 263 g/mol. The van der Waals surface area contributed by atoms with Crippen LogP contribution in [0.25, 0.3) is 0 Å². The Bertz CT molecular complexity index is 462. The van der Waals surface area contributed by atoms with E-state index in [0.29, 0.717) is 12.0 Å². The van der Waals surface area contributed by atoms with Gasteiger partial charge >= 0.3 is 0 Å². The number of hydrogen-bond acceptors (Lipinski definition) is 2. The number of rotatable bonds is 5. The van der Waals surface area contributed by atoms with Gasteiger partial charge in [-0.25, -0.2) is 4.39 Å². The van der Waals surface area contributed by atoms with Crippen molar-refractivity contribution >= 4 is 11.3 Å². The summed E-state index contributed by atoms with van der Waals surface area (Å²) in [5, 5.41) is 5.65. The van der Waals surface area contributed by atoms with E-state index in [1.54, 1.807) is 11.3 Å². The lowest BCUT2D eigenvalue weighted by molar-refractivity contribution is 0.416. The fourth-order valence-corrected chi connectivity index (χ4v) is 2.94. The van der Waals surface area contributed by atoms with Crippen LogP contribution < -0.4 is 5.32 Å². The highest BCUT2D eigenvalue weighted by Crippen LogP contribution is 2.26. The van der Waals surface area contributed by atoms with Crippen LogP contribution in [0.3, 0.4) is 0 Å². The van der Waals surface area contributed by atoms with Gasteiger partial charge in [-0.05, 0) is 35.1 Å². The number of nitrogens with one attached hydrogen (secondary N) is 1. The van der Waals surface area contributed by atoms with Crippen molar-refractivity contribution in [3.8, 4) is 0 Å². The third-order valence-electron chi connectivity index (χ3n) is 2.96. The van der Waals surface area contributed by atoms with Gasteiger partial charge < -0.3 is 5.32 Å². The van der Waals surface area contributed by atoms with Gasteiger partial charge in [0.25, 0.3) is 0 Å². The Labute approximate surface area is 112 Å². The highest BCUT2D eigenvalue weighted by Gasteiger charge is 2.15. The van der Waals surface area contributed by atoms with E-state index >= 15 is 0 Å². The molecular weight excluding hydrogens is 245 g/mol. The maximum atomic E-state index is 12.8. The predicted molar refractivity (Wildman–Crippen MR) is 75.1 cm³/mol. The maximum Gasteiger partial charge on any atom is 0.123 e. The highest BCUT2D eigenvalue weighted by atomic mass is 32.1. The second-order valence-corrected chi connectivity index (χ2v) is 5.72. The zero-order valence-electron chi connectivity index (χ0n) is 10.7. The molecule has 0 amide bonds. The van der Waals surface area contributed by atoms with Crippen molar-refractivity contribution in [1.29, 1.82) is 0 Å². The van der Waals surface area contributed by atoms with Crippen LogP contribution in [-0.2, 0) is 6.54 Å². The molecule has 0 fully saturated rings. The molecule has 0 bridgehead atoms. The molecule has 0 aliphatic rings. The normalized spacial score (nSPS) is 12.9. The Balaban J connectivity index is 2.00. The molecule has 1 heterocycles. The summed E-state index contributed by atoms with van der Waals surface area (Å²) in [5.74, 6) is 0.349. The van der Waals surface area contributed by atoms with Gasteiger partial charge in [0, 0.05) is 17.5 Å². The molecule has 0 saturated carbocycles. The van der Waals surface area contributed by atoms with Crippen molar-refractivity contribution in [3.05, 3.63) is 58.0 Å². The first-order valence-corrected chi connectivity index (χ1v) is 7.06. The van der Waals surface area contributed by atoms with Crippen LogP contribution in [-0.4, -0.2) is 0 Å². The van der Waals surface area contributed by atoms with Crippen molar-refractivity contribution < 1.29 is 4.39 Å². The zero-order valence-corrected chi connectivity index (χ0v) is 11.5. The van der Waals surface area contributed by atoms with Gasteiger partial charge in [-0.2, -0.15) is 0 Å². The molecule has 0 saturated heterocycles. The predicted octanol–water partition coefficient (Wildman–Crippen LogP) is 4.37. The first-order valence-electron chi connectivity index (χ1n) is 6.18. The Hall–Kier alpha value is -1.19. The summed E-state index contributed by atoms with van der Waals surface area (Å²) in [6.45, 7) is 5.19. The lowest BCUT2D eigenvalue weighted by Gasteiger charge is -2.21. The van der Waals surface area contributed by atoms with Crippen molar-refractivity contribution in [2.24, 2.45) is 5.92 Å². The molecule has 0 radical (unpaired) electrons. The molecule has 1 aromatic carbocycles. The minimum atomic E-state index is -0.183. The quantitative estimate of drug-likeness (QED) is 0.844. The molecule has 0 spiro atoms. The van der Waals surface area contributed by atoms with Gasteiger partial charge in [-0.3, -0.25) is 0 Å². The Kier molecular flexibility index (Phi) is 4.50. The topological polar surface area (TPSA) is 12.0 Å². The van der Waals surface area contributed by atoms with Crippen molar-refractivity contribution in [1.82, 2.24) is 5.32 Å². The van der Waals surface area contributed by atoms with Crippen molar-refractivity contribution in [2.75, 3.05) is 0 Å². The lowest BCUT2D eigenvalue weighted by atomic mass is 10.0. The van der Waals surface area contributed by atoms with Gasteiger partial charge in [0.2, 0.25) is 0 Å².